The highest BCUT2D eigenvalue weighted by Crippen LogP contribution is 2.36. The third-order valence-corrected chi connectivity index (χ3v) is 6.50. The Labute approximate surface area is 158 Å². The Balaban J connectivity index is 1.70. The van der Waals surface area contributed by atoms with Gasteiger partial charge < -0.3 is 4.90 Å². The topological polar surface area (TPSA) is 20.5 Å². The van der Waals surface area contributed by atoms with E-state index in [2.05, 4.69) is 57.1 Å². The predicted octanol–water partition coefficient (Wildman–Crippen LogP) is 5.30. The summed E-state index contributed by atoms with van der Waals surface area (Å²) in [4.78, 5) is 2.71. The molecule has 0 atom stereocenters. The zero-order valence-corrected chi connectivity index (χ0v) is 16.8. The number of nitrogens with zero attached hydrogens (tertiary/aromatic N) is 3. The molecule has 0 aliphatic heterocycles. The molecule has 2 saturated carbocycles. The maximum atomic E-state index is 4.94. The van der Waals surface area contributed by atoms with E-state index in [1.165, 1.54) is 78.6 Å². The van der Waals surface area contributed by atoms with Gasteiger partial charge >= 0.3 is 0 Å². The van der Waals surface area contributed by atoms with Crippen molar-refractivity contribution in [3.05, 3.63) is 27.6 Å². The first-order valence-corrected chi connectivity index (χ1v) is 10.7. The van der Waals surface area contributed by atoms with Crippen molar-refractivity contribution < 1.29 is 0 Å². The van der Waals surface area contributed by atoms with Crippen LogP contribution in [-0.4, -0.2) is 22.7 Å². The molecule has 4 heteroatoms. The Morgan fingerprint density at radius 1 is 1.08 bits per heavy atom. The van der Waals surface area contributed by atoms with Gasteiger partial charge in [-0.3, -0.25) is 0 Å². The van der Waals surface area contributed by atoms with Crippen LogP contribution >= 0.6 is 22.6 Å². The van der Waals surface area contributed by atoms with Crippen molar-refractivity contribution in [2.75, 3.05) is 18.0 Å². The van der Waals surface area contributed by atoms with Crippen molar-refractivity contribution >= 4 is 33.8 Å². The molecule has 0 bridgehead atoms. The van der Waals surface area contributed by atoms with E-state index in [0.717, 1.165) is 18.3 Å². The van der Waals surface area contributed by atoms with E-state index >= 15 is 0 Å². The molecule has 2 heterocycles. The van der Waals surface area contributed by atoms with Crippen molar-refractivity contribution in [1.82, 2.24) is 9.61 Å². The average Bonchev–Trinajstić information content (AvgIpc) is 3.33. The normalized spacial score (nSPS) is 19.1. The van der Waals surface area contributed by atoms with Crippen LogP contribution < -0.4 is 4.90 Å². The highest BCUT2D eigenvalue weighted by molar-refractivity contribution is 14.1. The molecule has 130 valence electrons. The van der Waals surface area contributed by atoms with Crippen LogP contribution in [0.2, 0.25) is 0 Å². The molecule has 0 aromatic carbocycles. The summed E-state index contributed by atoms with van der Waals surface area (Å²) >= 11 is 2.40. The molecule has 0 unspecified atom stereocenters. The van der Waals surface area contributed by atoms with Crippen molar-refractivity contribution in [1.29, 1.82) is 0 Å². The first-order valence-electron chi connectivity index (χ1n) is 9.67. The van der Waals surface area contributed by atoms with Gasteiger partial charge in [0.15, 0.2) is 0 Å². The van der Waals surface area contributed by atoms with E-state index in [-0.39, 0.29) is 0 Å². The van der Waals surface area contributed by atoms with Gasteiger partial charge in [-0.2, -0.15) is 5.10 Å². The fourth-order valence-corrected chi connectivity index (χ4v) is 4.78. The SMILES string of the molecule is CCc1nn2c(I)cccc2c1N(CC1CCCCC1)CC1CC1. The Kier molecular flexibility index (Phi) is 5.02. The second-order valence-electron chi connectivity index (χ2n) is 7.65. The summed E-state index contributed by atoms with van der Waals surface area (Å²) in [6, 6.07) is 6.58. The lowest BCUT2D eigenvalue weighted by Gasteiger charge is -2.31. The number of aryl methyl sites for hydroxylation is 1. The molecule has 2 aromatic heterocycles. The molecule has 0 spiro atoms. The number of hydrogen-bond acceptors (Lipinski definition) is 2. The quantitative estimate of drug-likeness (QED) is 0.452. The van der Waals surface area contributed by atoms with Gasteiger partial charge in [0.1, 0.15) is 3.70 Å². The van der Waals surface area contributed by atoms with Crippen LogP contribution in [0, 0.1) is 15.5 Å². The third-order valence-electron chi connectivity index (χ3n) is 5.69. The molecule has 0 amide bonds. The summed E-state index contributed by atoms with van der Waals surface area (Å²) < 4.78 is 3.35. The van der Waals surface area contributed by atoms with E-state index < -0.39 is 0 Å². The molecule has 2 aliphatic rings. The van der Waals surface area contributed by atoms with Crippen LogP contribution in [0.25, 0.3) is 5.52 Å². The predicted molar refractivity (Wildman–Crippen MR) is 109 cm³/mol. The van der Waals surface area contributed by atoms with Gasteiger partial charge in [-0.1, -0.05) is 32.3 Å². The van der Waals surface area contributed by atoms with Crippen LogP contribution in [0.4, 0.5) is 5.69 Å². The fourth-order valence-electron chi connectivity index (χ4n) is 4.20. The number of fused-ring (bicyclic) bond motifs is 1. The minimum Gasteiger partial charge on any atom is -0.368 e. The van der Waals surface area contributed by atoms with Crippen molar-refractivity contribution in [3.8, 4) is 0 Å². The number of hydrogen-bond donors (Lipinski definition) is 0. The molecule has 2 fully saturated rings. The van der Waals surface area contributed by atoms with E-state index in [4.69, 9.17) is 5.10 Å². The highest BCUT2D eigenvalue weighted by atomic mass is 127. The van der Waals surface area contributed by atoms with Crippen LogP contribution in [0.5, 0.6) is 0 Å². The van der Waals surface area contributed by atoms with Crippen molar-refractivity contribution in [2.24, 2.45) is 11.8 Å². The monoisotopic (exact) mass is 437 g/mol. The van der Waals surface area contributed by atoms with Gasteiger partial charge in [0, 0.05) is 13.1 Å². The molecule has 4 rings (SSSR count). The minimum absolute atomic E-state index is 0.875. The Morgan fingerprint density at radius 3 is 2.46 bits per heavy atom. The van der Waals surface area contributed by atoms with Gasteiger partial charge in [0.05, 0.1) is 16.9 Å². The lowest BCUT2D eigenvalue weighted by atomic mass is 9.88. The van der Waals surface area contributed by atoms with Crippen LogP contribution in [0.1, 0.15) is 57.6 Å². The molecule has 3 nitrogen and oxygen atoms in total. The van der Waals surface area contributed by atoms with Gasteiger partial charge in [0.2, 0.25) is 0 Å². The Hall–Kier alpha value is -0.780. The average molecular weight is 437 g/mol. The summed E-state index contributed by atoms with van der Waals surface area (Å²) in [7, 11) is 0. The van der Waals surface area contributed by atoms with Crippen LogP contribution in [0.3, 0.4) is 0 Å². The second kappa shape index (κ2) is 7.22. The van der Waals surface area contributed by atoms with Gasteiger partial charge in [-0.05, 0) is 78.7 Å². The minimum atomic E-state index is 0.875. The molecule has 2 aromatic rings. The summed E-state index contributed by atoms with van der Waals surface area (Å²) in [5, 5.41) is 4.94. The van der Waals surface area contributed by atoms with E-state index in [9.17, 15) is 0 Å². The van der Waals surface area contributed by atoms with E-state index in [1.54, 1.807) is 0 Å². The van der Waals surface area contributed by atoms with Crippen LogP contribution in [-0.2, 0) is 6.42 Å². The summed E-state index contributed by atoms with van der Waals surface area (Å²) in [6.45, 7) is 4.71. The standard InChI is InChI=1S/C20H28IN3/c1-2-17-20(18-9-6-10-19(21)24(18)22-17)23(14-16-11-12-16)13-15-7-4-3-5-8-15/h6,9-10,15-16H,2-5,7-8,11-14H2,1H3. The highest BCUT2D eigenvalue weighted by Gasteiger charge is 2.29. The smallest absolute Gasteiger partial charge is 0.103 e. The van der Waals surface area contributed by atoms with Crippen molar-refractivity contribution in [3.63, 3.8) is 0 Å². The first-order chi connectivity index (χ1) is 11.8. The largest absolute Gasteiger partial charge is 0.368 e. The molecular weight excluding hydrogens is 409 g/mol. The second-order valence-corrected chi connectivity index (χ2v) is 8.75. The Morgan fingerprint density at radius 2 is 1.79 bits per heavy atom. The maximum absolute atomic E-state index is 4.94. The number of pyridine rings is 1. The number of halogens is 1. The maximum Gasteiger partial charge on any atom is 0.103 e. The van der Waals surface area contributed by atoms with Crippen molar-refractivity contribution in [2.45, 2.75) is 58.3 Å². The zero-order chi connectivity index (χ0) is 16.5. The molecular formula is C20H28IN3. The van der Waals surface area contributed by atoms with Gasteiger partial charge in [-0.25, -0.2) is 4.52 Å². The molecule has 0 saturated heterocycles. The lowest BCUT2D eigenvalue weighted by molar-refractivity contribution is 0.357. The molecule has 0 N–H and O–H groups in total. The fraction of sp³-hybridized carbons (Fsp3) is 0.650. The van der Waals surface area contributed by atoms with Crippen LogP contribution in [0.15, 0.2) is 18.2 Å². The summed E-state index contributed by atoms with van der Waals surface area (Å²) in [5.41, 5.74) is 4.00. The molecule has 0 radical (unpaired) electrons. The summed E-state index contributed by atoms with van der Waals surface area (Å²) in [5.74, 6) is 1.79. The molecule has 2 aliphatic carbocycles. The third kappa shape index (κ3) is 3.44. The zero-order valence-electron chi connectivity index (χ0n) is 14.7. The first kappa shape index (κ1) is 16.7. The van der Waals surface area contributed by atoms with E-state index in [1.807, 2.05) is 0 Å². The van der Waals surface area contributed by atoms with Gasteiger partial charge in [0.25, 0.3) is 0 Å². The number of aromatic nitrogens is 2. The molecule has 24 heavy (non-hydrogen) atoms. The number of anilines is 1. The Bertz CT molecular complexity index is 698. The van der Waals surface area contributed by atoms with Gasteiger partial charge in [-0.15, -0.1) is 0 Å². The lowest BCUT2D eigenvalue weighted by Crippen LogP contribution is -2.33. The summed E-state index contributed by atoms with van der Waals surface area (Å²) in [6.07, 6.45) is 11.0. The van der Waals surface area contributed by atoms with E-state index in [0.29, 0.717) is 0 Å². The number of rotatable bonds is 6.